The summed E-state index contributed by atoms with van der Waals surface area (Å²) in [5, 5.41) is 3.32. The molecular formula is C19H23N5O2. The molecule has 0 unspecified atom stereocenters. The number of rotatable bonds is 4. The summed E-state index contributed by atoms with van der Waals surface area (Å²) >= 11 is 0. The average molecular weight is 353 g/mol. The molecule has 1 saturated carbocycles. The second kappa shape index (κ2) is 5.86. The topological polar surface area (TPSA) is 73.8 Å². The lowest BCUT2D eigenvalue weighted by atomic mass is 10.1. The largest absolute Gasteiger partial charge is 0.353 e. The number of hydrogen-bond donors (Lipinski definition) is 1. The van der Waals surface area contributed by atoms with Crippen LogP contribution in [0.1, 0.15) is 29.5 Å². The van der Waals surface area contributed by atoms with Crippen molar-refractivity contribution in [3.8, 4) is 0 Å². The van der Waals surface area contributed by atoms with E-state index in [1.54, 1.807) is 11.6 Å². The van der Waals surface area contributed by atoms with Crippen LogP contribution in [-0.2, 0) is 20.6 Å². The third-order valence-electron chi connectivity index (χ3n) is 5.18. The molecule has 1 fully saturated rings. The van der Waals surface area contributed by atoms with Gasteiger partial charge in [-0.05, 0) is 43.4 Å². The molecule has 1 aromatic carbocycles. The first-order chi connectivity index (χ1) is 12.4. The Kier molecular flexibility index (Phi) is 3.75. The molecule has 1 N–H and O–H groups in total. The highest BCUT2D eigenvalue weighted by Crippen LogP contribution is 2.25. The van der Waals surface area contributed by atoms with Gasteiger partial charge in [-0.2, -0.15) is 4.98 Å². The number of hydrogen-bond acceptors (Lipinski definition) is 4. The number of fused-ring (bicyclic) bond motifs is 1. The second-order valence-corrected chi connectivity index (χ2v) is 7.24. The molecule has 7 heteroatoms. The number of benzene rings is 1. The molecule has 0 aliphatic heterocycles. The third kappa shape index (κ3) is 2.64. The standard InChI is InChI=1S/C19H23N5O2/c1-11-5-6-13(9-12(11)2)10-24-17(25)15-16(23(4)19(24)26)21-18(22(15)3)20-14-7-8-14/h5-6,9,14H,7-8,10H2,1-4H3,(H,20,21). The minimum Gasteiger partial charge on any atom is -0.353 e. The molecule has 0 amide bonds. The number of nitrogens with zero attached hydrogens (tertiary/aromatic N) is 4. The molecule has 136 valence electrons. The van der Waals surface area contributed by atoms with Gasteiger partial charge in [-0.25, -0.2) is 4.79 Å². The van der Waals surface area contributed by atoms with Crippen LogP contribution in [0.25, 0.3) is 11.2 Å². The molecule has 26 heavy (non-hydrogen) atoms. The van der Waals surface area contributed by atoms with E-state index in [2.05, 4.69) is 10.3 Å². The van der Waals surface area contributed by atoms with Crippen LogP contribution < -0.4 is 16.6 Å². The summed E-state index contributed by atoms with van der Waals surface area (Å²) in [6, 6.07) is 6.41. The van der Waals surface area contributed by atoms with Crippen molar-refractivity contribution in [3.63, 3.8) is 0 Å². The van der Waals surface area contributed by atoms with Crippen LogP contribution in [0, 0.1) is 13.8 Å². The van der Waals surface area contributed by atoms with Crippen molar-refractivity contribution in [1.29, 1.82) is 0 Å². The minimum atomic E-state index is -0.350. The van der Waals surface area contributed by atoms with Crippen LogP contribution in [0.4, 0.5) is 5.95 Å². The van der Waals surface area contributed by atoms with Crippen LogP contribution in [0.15, 0.2) is 27.8 Å². The number of aromatic nitrogens is 4. The van der Waals surface area contributed by atoms with Gasteiger partial charge in [0.05, 0.1) is 6.54 Å². The molecule has 0 bridgehead atoms. The van der Waals surface area contributed by atoms with E-state index in [4.69, 9.17) is 0 Å². The first kappa shape index (κ1) is 16.6. The van der Waals surface area contributed by atoms with Crippen molar-refractivity contribution in [2.45, 2.75) is 39.3 Å². The smallest absolute Gasteiger partial charge is 0.332 e. The Morgan fingerprint density at radius 1 is 1.12 bits per heavy atom. The minimum absolute atomic E-state index is 0.249. The number of anilines is 1. The fourth-order valence-electron chi connectivity index (χ4n) is 3.21. The Bertz CT molecular complexity index is 1130. The van der Waals surface area contributed by atoms with Crippen molar-refractivity contribution >= 4 is 17.1 Å². The first-order valence-electron chi connectivity index (χ1n) is 8.85. The highest BCUT2D eigenvalue weighted by atomic mass is 16.2. The lowest BCUT2D eigenvalue weighted by molar-refractivity contribution is 0.654. The molecule has 1 aliphatic carbocycles. The van der Waals surface area contributed by atoms with Gasteiger partial charge in [0, 0.05) is 20.1 Å². The molecule has 0 spiro atoms. The van der Waals surface area contributed by atoms with Crippen molar-refractivity contribution in [2.75, 3.05) is 5.32 Å². The van der Waals surface area contributed by atoms with E-state index in [1.165, 1.54) is 14.7 Å². The van der Waals surface area contributed by atoms with Gasteiger partial charge >= 0.3 is 5.69 Å². The zero-order valence-corrected chi connectivity index (χ0v) is 15.5. The van der Waals surface area contributed by atoms with Crippen molar-refractivity contribution in [3.05, 3.63) is 55.7 Å². The molecule has 0 radical (unpaired) electrons. The molecule has 0 saturated heterocycles. The predicted molar refractivity (Wildman–Crippen MR) is 102 cm³/mol. The molecular weight excluding hydrogens is 330 g/mol. The summed E-state index contributed by atoms with van der Waals surface area (Å²) < 4.78 is 4.50. The molecule has 4 rings (SSSR count). The van der Waals surface area contributed by atoms with E-state index in [1.807, 2.05) is 39.1 Å². The SMILES string of the molecule is Cc1ccc(Cn2c(=O)c3c(nc(NC4CC4)n3C)n(C)c2=O)cc1C. The highest BCUT2D eigenvalue weighted by Gasteiger charge is 2.25. The Morgan fingerprint density at radius 3 is 2.50 bits per heavy atom. The normalized spacial score (nSPS) is 14.2. The van der Waals surface area contributed by atoms with Crippen molar-refractivity contribution in [2.24, 2.45) is 14.1 Å². The van der Waals surface area contributed by atoms with Gasteiger partial charge in [0.25, 0.3) is 5.56 Å². The summed E-state index contributed by atoms with van der Waals surface area (Å²) in [6.07, 6.45) is 2.22. The quantitative estimate of drug-likeness (QED) is 0.774. The summed E-state index contributed by atoms with van der Waals surface area (Å²) in [5.41, 5.74) is 3.47. The zero-order chi connectivity index (χ0) is 18.6. The van der Waals surface area contributed by atoms with Gasteiger partial charge in [0.2, 0.25) is 5.95 Å². The molecule has 1 aliphatic rings. The second-order valence-electron chi connectivity index (χ2n) is 7.24. The van der Waals surface area contributed by atoms with Gasteiger partial charge in [0.15, 0.2) is 11.2 Å². The summed E-state index contributed by atoms with van der Waals surface area (Å²) in [7, 11) is 3.47. The Morgan fingerprint density at radius 2 is 1.85 bits per heavy atom. The van der Waals surface area contributed by atoms with Gasteiger partial charge in [-0.3, -0.25) is 13.9 Å². The fraction of sp³-hybridized carbons (Fsp3) is 0.421. The highest BCUT2D eigenvalue weighted by molar-refractivity contribution is 5.74. The van der Waals surface area contributed by atoms with Crippen LogP contribution in [0.3, 0.4) is 0 Å². The van der Waals surface area contributed by atoms with Crippen LogP contribution in [-0.4, -0.2) is 24.7 Å². The van der Waals surface area contributed by atoms with E-state index in [0.29, 0.717) is 23.2 Å². The molecule has 3 aromatic rings. The number of nitrogens with one attached hydrogen (secondary N) is 1. The van der Waals surface area contributed by atoms with Crippen molar-refractivity contribution < 1.29 is 0 Å². The molecule has 0 atom stereocenters. The van der Waals surface area contributed by atoms with Gasteiger partial charge in [-0.15, -0.1) is 0 Å². The van der Waals surface area contributed by atoms with Gasteiger partial charge < -0.3 is 9.88 Å². The summed E-state index contributed by atoms with van der Waals surface area (Å²) in [5.74, 6) is 0.638. The van der Waals surface area contributed by atoms with Gasteiger partial charge in [-0.1, -0.05) is 18.2 Å². The average Bonchev–Trinajstić information content (AvgIpc) is 3.36. The first-order valence-corrected chi connectivity index (χ1v) is 8.85. The zero-order valence-electron chi connectivity index (χ0n) is 15.5. The maximum absolute atomic E-state index is 13.1. The van der Waals surface area contributed by atoms with Crippen LogP contribution >= 0.6 is 0 Å². The lowest BCUT2D eigenvalue weighted by Gasteiger charge is -2.10. The predicted octanol–water partition coefficient (Wildman–Crippen LogP) is 1.67. The van der Waals surface area contributed by atoms with Crippen LogP contribution in [0.2, 0.25) is 0 Å². The monoisotopic (exact) mass is 353 g/mol. The third-order valence-corrected chi connectivity index (χ3v) is 5.18. The maximum atomic E-state index is 13.1. The Balaban J connectivity index is 1.86. The maximum Gasteiger partial charge on any atom is 0.332 e. The molecule has 2 aromatic heterocycles. The van der Waals surface area contributed by atoms with Gasteiger partial charge in [0.1, 0.15) is 0 Å². The van der Waals surface area contributed by atoms with Crippen molar-refractivity contribution in [1.82, 2.24) is 18.7 Å². The van der Waals surface area contributed by atoms with E-state index in [0.717, 1.165) is 24.0 Å². The molecule has 7 nitrogen and oxygen atoms in total. The van der Waals surface area contributed by atoms with E-state index < -0.39 is 0 Å². The van der Waals surface area contributed by atoms with E-state index in [9.17, 15) is 9.59 Å². The lowest BCUT2D eigenvalue weighted by Crippen LogP contribution is -2.39. The molecule has 2 heterocycles. The fourth-order valence-corrected chi connectivity index (χ4v) is 3.21. The van der Waals surface area contributed by atoms with E-state index >= 15 is 0 Å². The van der Waals surface area contributed by atoms with Crippen LogP contribution in [0.5, 0.6) is 0 Å². The summed E-state index contributed by atoms with van der Waals surface area (Å²) in [4.78, 5) is 30.3. The van der Waals surface area contributed by atoms with E-state index in [-0.39, 0.29) is 17.8 Å². The number of aryl methyl sites for hydroxylation is 4. The number of imidazole rings is 1. The summed E-state index contributed by atoms with van der Waals surface area (Å²) in [6.45, 7) is 4.32. The Hall–Kier alpha value is -2.83. The Labute approximate surface area is 150 Å².